The van der Waals surface area contributed by atoms with Crippen LogP contribution in [0.25, 0.3) is 10.9 Å². The summed E-state index contributed by atoms with van der Waals surface area (Å²) in [7, 11) is 0. The Morgan fingerprint density at radius 2 is 2.03 bits per heavy atom. The number of morpholine rings is 1. The van der Waals surface area contributed by atoms with Crippen LogP contribution in [0.15, 0.2) is 18.2 Å². The molecule has 1 aromatic carbocycles. The second-order valence-electron chi connectivity index (χ2n) is 8.80. The van der Waals surface area contributed by atoms with E-state index in [1.54, 1.807) is 12.1 Å². The molecule has 4 rings (SSSR count). The van der Waals surface area contributed by atoms with Gasteiger partial charge in [-0.15, -0.1) is 0 Å². The lowest BCUT2D eigenvalue weighted by Gasteiger charge is -2.48. The molecule has 0 spiro atoms. The Kier molecular flexibility index (Phi) is 6.29. The molecule has 3 heterocycles. The van der Waals surface area contributed by atoms with Gasteiger partial charge in [-0.05, 0) is 51.3 Å². The zero-order valence-corrected chi connectivity index (χ0v) is 18.3. The van der Waals surface area contributed by atoms with Crippen molar-refractivity contribution in [3.63, 3.8) is 0 Å². The standard InChI is InChI=1S/C23H34N4O3/c1-4-6-10-26-17-11-16(12-18(26)14-30-13-17)24-23(29)22-21-19(8-7-9-20(21)28)27(25-22)15(3)5-2/h7-9,15-18,28H,4-6,10-14H2,1-3H3,(H,24,29). The van der Waals surface area contributed by atoms with Crippen molar-refractivity contribution in [3.8, 4) is 5.75 Å². The molecule has 2 aromatic rings. The Labute approximate surface area is 178 Å². The Balaban J connectivity index is 1.54. The van der Waals surface area contributed by atoms with Crippen LogP contribution in [-0.4, -0.2) is 63.6 Å². The lowest BCUT2D eigenvalue weighted by Crippen LogP contribution is -2.60. The van der Waals surface area contributed by atoms with Gasteiger partial charge in [-0.25, -0.2) is 0 Å². The average Bonchev–Trinajstić information content (AvgIpc) is 3.13. The van der Waals surface area contributed by atoms with Gasteiger partial charge in [0.05, 0.1) is 24.1 Å². The van der Waals surface area contributed by atoms with Crippen LogP contribution in [0, 0.1) is 0 Å². The van der Waals surface area contributed by atoms with Crippen LogP contribution >= 0.6 is 0 Å². The first kappa shape index (κ1) is 21.1. The number of nitrogens with one attached hydrogen (secondary N) is 1. The molecule has 2 aliphatic heterocycles. The number of unbranched alkanes of at least 4 members (excludes halogenated alkanes) is 1. The summed E-state index contributed by atoms with van der Waals surface area (Å²) < 4.78 is 7.66. The Morgan fingerprint density at radius 1 is 1.30 bits per heavy atom. The number of carbonyl (C=O) groups is 1. The third-order valence-electron chi connectivity index (χ3n) is 6.71. The summed E-state index contributed by atoms with van der Waals surface area (Å²) in [6.45, 7) is 8.96. The SMILES string of the molecule is CCCCN1C2COCC1CC(NC(=O)c1nn(C(C)CC)c3cccc(O)c13)C2. The molecule has 7 nitrogen and oxygen atoms in total. The fraction of sp³-hybridized carbons (Fsp3) is 0.652. The number of hydrogen-bond acceptors (Lipinski definition) is 5. The fourth-order valence-electron chi connectivity index (χ4n) is 4.91. The van der Waals surface area contributed by atoms with Crippen LogP contribution in [0.1, 0.15) is 69.4 Å². The average molecular weight is 415 g/mol. The van der Waals surface area contributed by atoms with Gasteiger partial charge < -0.3 is 15.2 Å². The molecule has 164 valence electrons. The van der Waals surface area contributed by atoms with Gasteiger partial charge in [-0.1, -0.05) is 26.3 Å². The summed E-state index contributed by atoms with van der Waals surface area (Å²) in [5.74, 6) is -0.0959. The minimum Gasteiger partial charge on any atom is -0.507 e. The smallest absolute Gasteiger partial charge is 0.272 e. The van der Waals surface area contributed by atoms with E-state index in [0.717, 1.165) is 44.5 Å². The molecule has 2 aliphatic rings. The number of ether oxygens (including phenoxy) is 1. The molecule has 3 atom stereocenters. The van der Waals surface area contributed by atoms with Crippen molar-refractivity contribution in [2.75, 3.05) is 19.8 Å². The third-order valence-corrected chi connectivity index (χ3v) is 6.71. The minimum atomic E-state index is -0.199. The lowest BCUT2D eigenvalue weighted by atomic mass is 9.89. The zero-order valence-electron chi connectivity index (χ0n) is 18.3. The number of nitrogens with zero attached hydrogens (tertiary/aromatic N) is 3. The highest BCUT2D eigenvalue weighted by Crippen LogP contribution is 2.32. The number of fused-ring (bicyclic) bond motifs is 3. The highest BCUT2D eigenvalue weighted by atomic mass is 16.5. The first-order chi connectivity index (χ1) is 14.5. The van der Waals surface area contributed by atoms with Crippen LogP contribution in [0.3, 0.4) is 0 Å². The minimum absolute atomic E-state index is 0.101. The first-order valence-corrected chi connectivity index (χ1v) is 11.4. The van der Waals surface area contributed by atoms with E-state index in [1.807, 2.05) is 10.7 Å². The fourth-order valence-corrected chi connectivity index (χ4v) is 4.91. The highest BCUT2D eigenvalue weighted by Gasteiger charge is 2.39. The number of hydrogen-bond donors (Lipinski definition) is 2. The number of phenols is 1. The van der Waals surface area contributed by atoms with Crippen LogP contribution in [-0.2, 0) is 4.74 Å². The second-order valence-corrected chi connectivity index (χ2v) is 8.80. The number of aromatic nitrogens is 2. The Bertz CT molecular complexity index is 882. The van der Waals surface area contributed by atoms with Crippen LogP contribution in [0.4, 0.5) is 0 Å². The summed E-state index contributed by atoms with van der Waals surface area (Å²) in [5.41, 5.74) is 1.12. The molecular weight excluding hydrogens is 380 g/mol. The molecule has 3 unspecified atom stereocenters. The van der Waals surface area contributed by atoms with Crippen molar-refractivity contribution in [1.82, 2.24) is 20.0 Å². The molecule has 0 aliphatic carbocycles. The molecule has 2 bridgehead atoms. The number of rotatable bonds is 7. The molecule has 2 N–H and O–H groups in total. The Morgan fingerprint density at radius 3 is 2.70 bits per heavy atom. The number of benzene rings is 1. The van der Waals surface area contributed by atoms with Crippen molar-refractivity contribution in [2.24, 2.45) is 0 Å². The summed E-state index contributed by atoms with van der Waals surface area (Å²) in [4.78, 5) is 15.8. The van der Waals surface area contributed by atoms with E-state index in [0.29, 0.717) is 23.2 Å². The van der Waals surface area contributed by atoms with E-state index in [4.69, 9.17) is 4.74 Å². The van der Waals surface area contributed by atoms with Gasteiger partial charge in [0.2, 0.25) is 0 Å². The molecule has 7 heteroatoms. The molecule has 0 saturated carbocycles. The van der Waals surface area contributed by atoms with Crippen LogP contribution in [0.5, 0.6) is 5.75 Å². The van der Waals surface area contributed by atoms with Crippen molar-refractivity contribution in [2.45, 2.75) is 77.0 Å². The second kappa shape index (κ2) is 8.94. The van der Waals surface area contributed by atoms with Gasteiger partial charge in [0.1, 0.15) is 5.75 Å². The normalized spacial score (nSPS) is 25.4. The molecular formula is C23H34N4O3. The van der Waals surface area contributed by atoms with E-state index in [1.165, 1.54) is 12.8 Å². The van der Waals surface area contributed by atoms with Crippen molar-refractivity contribution in [1.29, 1.82) is 0 Å². The summed E-state index contributed by atoms with van der Waals surface area (Å²) in [5, 5.41) is 18.9. The molecule has 1 aromatic heterocycles. The quantitative estimate of drug-likeness (QED) is 0.725. The maximum atomic E-state index is 13.2. The molecule has 30 heavy (non-hydrogen) atoms. The molecule has 0 radical (unpaired) electrons. The summed E-state index contributed by atoms with van der Waals surface area (Å²) >= 11 is 0. The van der Waals surface area contributed by atoms with Crippen molar-refractivity contribution >= 4 is 16.8 Å². The lowest BCUT2D eigenvalue weighted by molar-refractivity contribution is -0.0802. The zero-order chi connectivity index (χ0) is 21.3. The third kappa shape index (κ3) is 3.93. The maximum Gasteiger partial charge on any atom is 0.272 e. The van der Waals surface area contributed by atoms with E-state index in [9.17, 15) is 9.90 Å². The van der Waals surface area contributed by atoms with Crippen LogP contribution in [0.2, 0.25) is 0 Å². The monoisotopic (exact) mass is 414 g/mol. The molecule has 2 saturated heterocycles. The predicted molar refractivity (Wildman–Crippen MR) is 117 cm³/mol. The van der Waals surface area contributed by atoms with Gasteiger partial charge in [0, 0.05) is 24.2 Å². The van der Waals surface area contributed by atoms with Gasteiger partial charge in [0.15, 0.2) is 5.69 Å². The Hall–Kier alpha value is -2.12. The van der Waals surface area contributed by atoms with Gasteiger partial charge in [0.25, 0.3) is 5.91 Å². The largest absolute Gasteiger partial charge is 0.507 e. The maximum absolute atomic E-state index is 13.2. The van der Waals surface area contributed by atoms with E-state index in [2.05, 4.69) is 36.1 Å². The van der Waals surface area contributed by atoms with E-state index < -0.39 is 0 Å². The van der Waals surface area contributed by atoms with E-state index >= 15 is 0 Å². The van der Waals surface area contributed by atoms with Gasteiger partial charge in [-0.2, -0.15) is 5.10 Å². The summed E-state index contributed by atoms with van der Waals surface area (Å²) in [6, 6.07) is 6.30. The molecule has 1 amide bonds. The first-order valence-electron chi connectivity index (χ1n) is 11.4. The number of carbonyl (C=O) groups excluding carboxylic acids is 1. The topological polar surface area (TPSA) is 79.6 Å². The van der Waals surface area contributed by atoms with E-state index in [-0.39, 0.29) is 23.7 Å². The number of aromatic hydroxyl groups is 1. The van der Waals surface area contributed by atoms with Gasteiger partial charge in [-0.3, -0.25) is 14.4 Å². The van der Waals surface area contributed by atoms with Crippen molar-refractivity contribution < 1.29 is 14.6 Å². The predicted octanol–water partition coefficient (Wildman–Crippen LogP) is 3.47. The summed E-state index contributed by atoms with van der Waals surface area (Å²) in [6.07, 6.45) is 5.06. The number of amides is 1. The van der Waals surface area contributed by atoms with Gasteiger partial charge >= 0.3 is 0 Å². The number of piperidine rings is 1. The number of phenolic OH excluding ortho intramolecular Hbond substituents is 1. The highest BCUT2D eigenvalue weighted by molar-refractivity contribution is 6.07. The van der Waals surface area contributed by atoms with Crippen LogP contribution < -0.4 is 5.32 Å². The molecule has 2 fully saturated rings. The van der Waals surface area contributed by atoms with Crippen molar-refractivity contribution in [3.05, 3.63) is 23.9 Å².